The Bertz CT molecular complexity index is 487. The van der Waals surface area contributed by atoms with E-state index >= 15 is 0 Å². The van der Waals surface area contributed by atoms with Crippen molar-refractivity contribution in [2.75, 3.05) is 13.7 Å². The van der Waals surface area contributed by atoms with Gasteiger partial charge in [0.25, 0.3) is 0 Å². The van der Waals surface area contributed by atoms with Crippen molar-refractivity contribution in [1.82, 2.24) is 4.90 Å². The van der Waals surface area contributed by atoms with Crippen LogP contribution in [0.15, 0.2) is 18.2 Å². The lowest BCUT2D eigenvalue weighted by Gasteiger charge is -2.38. The molecule has 1 saturated heterocycles. The largest absolute Gasteiger partial charge is 0.496 e. The van der Waals surface area contributed by atoms with Gasteiger partial charge in [0.1, 0.15) is 11.6 Å². The summed E-state index contributed by atoms with van der Waals surface area (Å²) < 4.78 is 5.45. The van der Waals surface area contributed by atoms with Crippen LogP contribution in [-0.4, -0.2) is 30.4 Å². The van der Waals surface area contributed by atoms with E-state index in [1.807, 2.05) is 18.2 Å². The molecule has 1 fully saturated rings. The van der Waals surface area contributed by atoms with Crippen LogP contribution in [0.25, 0.3) is 0 Å². The number of hydrogen-bond acceptors (Lipinski definition) is 3. The lowest BCUT2D eigenvalue weighted by molar-refractivity contribution is 0.105. The molecule has 1 heterocycles. The maximum absolute atomic E-state index is 7.57. The van der Waals surface area contributed by atoms with E-state index in [0.717, 1.165) is 35.9 Å². The lowest BCUT2D eigenvalue weighted by Crippen LogP contribution is -2.41. The number of nitrogens with one attached hydrogen (secondary N) is 1. The summed E-state index contributed by atoms with van der Waals surface area (Å²) in [7, 11) is 1.69. The topological polar surface area (TPSA) is 62.3 Å². The number of amidine groups is 1. The summed E-state index contributed by atoms with van der Waals surface area (Å²) in [4.78, 5) is 2.50. The standard InChI is InChI=1S/C16H25N3O/c1-11-5-4-8-19(12(11)2)10-14-9-13(16(17)18)6-7-15(14)20-3/h6-7,9,11-12H,4-5,8,10H2,1-3H3,(H3,17,18). The third-order valence-corrected chi connectivity index (χ3v) is 4.47. The molecule has 1 aromatic carbocycles. The molecule has 0 amide bonds. The second-order valence-corrected chi connectivity index (χ2v) is 5.77. The normalized spacial score (nSPS) is 23.6. The van der Waals surface area contributed by atoms with E-state index in [1.54, 1.807) is 7.11 Å². The average Bonchev–Trinajstić information content (AvgIpc) is 2.43. The Balaban J connectivity index is 2.22. The van der Waals surface area contributed by atoms with Gasteiger partial charge >= 0.3 is 0 Å². The number of hydrogen-bond donors (Lipinski definition) is 2. The molecule has 4 nitrogen and oxygen atoms in total. The van der Waals surface area contributed by atoms with E-state index in [1.165, 1.54) is 12.8 Å². The fourth-order valence-corrected chi connectivity index (χ4v) is 2.93. The predicted octanol–water partition coefficient (Wildman–Crippen LogP) is 2.60. The van der Waals surface area contributed by atoms with Gasteiger partial charge < -0.3 is 10.5 Å². The second-order valence-electron chi connectivity index (χ2n) is 5.77. The Morgan fingerprint density at radius 2 is 2.20 bits per heavy atom. The molecule has 0 radical (unpaired) electrons. The Kier molecular flexibility index (Phi) is 4.65. The number of rotatable bonds is 4. The van der Waals surface area contributed by atoms with Crippen molar-refractivity contribution in [2.45, 2.75) is 39.3 Å². The Hall–Kier alpha value is -1.55. The highest BCUT2D eigenvalue weighted by atomic mass is 16.5. The summed E-state index contributed by atoms with van der Waals surface area (Å²) in [6.45, 7) is 6.60. The van der Waals surface area contributed by atoms with E-state index in [9.17, 15) is 0 Å². The minimum atomic E-state index is 0.106. The molecular weight excluding hydrogens is 250 g/mol. The number of nitrogens with two attached hydrogens (primary N) is 1. The molecule has 2 atom stereocenters. The van der Waals surface area contributed by atoms with Crippen LogP contribution in [0.4, 0.5) is 0 Å². The first kappa shape index (κ1) is 14.9. The third-order valence-electron chi connectivity index (χ3n) is 4.47. The van der Waals surface area contributed by atoms with Crippen LogP contribution in [-0.2, 0) is 6.54 Å². The molecule has 20 heavy (non-hydrogen) atoms. The first-order valence-electron chi connectivity index (χ1n) is 7.28. The van der Waals surface area contributed by atoms with E-state index in [4.69, 9.17) is 15.9 Å². The van der Waals surface area contributed by atoms with E-state index in [0.29, 0.717) is 6.04 Å². The van der Waals surface area contributed by atoms with Crippen LogP contribution in [0.3, 0.4) is 0 Å². The molecule has 4 heteroatoms. The zero-order valence-corrected chi connectivity index (χ0v) is 12.6. The number of likely N-dealkylation sites (tertiary alicyclic amines) is 1. The van der Waals surface area contributed by atoms with Crippen LogP contribution in [0, 0.1) is 11.3 Å². The Morgan fingerprint density at radius 3 is 2.85 bits per heavy atom. The molecule has 110 valence electrons. The van der Waals surface area contributed by atoms with Crippen LogP contribution in [0.2, 0.25) is 0 Å². The summed E-state index contributed by atoms with van der Waals surface area (Å²) in [6.07, 6.45) is 2.56. The predicted molar refractivity (Wildman–Crippen MR) is 82.3 cm³/mol. The monoisotopic (exact) mass is 275 g/mol. The third kappa shape index (κ3) is 3.12. The quantitative estimate of drug-likeness (QED) is 0.656. The van der Waals surface area contributed by atoms with Gasteiger partial charge in [0, 0.05) is 23.7 Å². The van der Waals surface area contributed by atoms with E-state index in [-0.39, 0.29) is 5.84 Å². The average molecular weight is 275 g/mol. The molecule has 1 aliphatic heterocycles. The van der Waals surface area contributed by atoms with Crippen LogP contribution < -0.4 is 10.5 Å². The molecular formula is C16H25N3O. The van der Waals surface area contributed by atoms with Crippen molar-refractivity contribution >= 4 is 5.84 Å². The maximum Gasteiger partial charge on any atom is 0.123 e. The van der Waals surface area contributed by atoms with Gasteiger partial charge in [-0.15, -0.1) is 0 Å². The van der Waals surface area contributed by atoms with Gasteiger partial charge in [-0.2, -0.15) is 0 Å². The van der Waals surface area contributed by atoms with Crippen molar-refractivity contribution < 1.29 is 4.74 Å². The fraction of sp³-hybridized carbons (Fsp3) is 0.562. The molecule has 3 N–H and O–H groups in total. The van der Waals surface area contributed by atoms with Crippen molar-refractivity contribution in [3.63, 3.8) is 0 Å². The lowest BCUT2D eigenvalue weighted by atomic mass is 9.91. The minimum absolute atomic E-state index is 0.106. The minimum Gasteiger partial charge on any atom is -0.496 e. The zero-order chi connectivity index (χ0) is 14.7. The molecule has 0 bridgehead atoms. The molecule has 0 spiro atoms. The van der Waals surface area contributed by atoms with Crippen LogP contribution in [0.5, 0.6) is 5.75 Å². The summed E-state index contributed by atoms with van der Waals surface area (Å²) >= 11 is 0. The number of benzene rings is 1. The van der Waals surface area contributed by atoms with Crippen LogP contribution >= 0.6 is 0 Å². The number of piperidine rings is 1. The number of methoxy groups -OCH3 is 1. The van der Waals surface area contributed by atoms with Crippen molar-refractivity contribution in [3.05, 3.63) is 29.3 Å². The van der Waals surface area contributed by atoms with Gasteiger partial charge in [0.05, 0.1) is 7.11 Å². The first-order valence-corrected chi connectivity index (χ1v) is 7.28. The SMILES string of the molecule is COc1ccc(C(=N)N)cc1CN1CCCC(C)C1C. The maximum atomic E-state index is 7.57. The second kappa shape index (κ2) is 6.27. The fourth-order valence-electron chi connectivity index (χ4n) is 2.93. The summed E-state index contributed by atoms with van der Waals surface area (Å²) in [5, 5.41) is 7.57. The number of ether oxygens (including phenoxy) is 1. The Morgan fingerprint density at radius 1 is 1.45 bits per heavy atom. The molecule has 0 aliphatic carbocycles. The summed E-state index contributed by atoms with van der Waals surface area (Å²) in [6, 6.07) is 6.30. The van der Waals surface area contributed by atoms with Gasteiger partial charge in [0.2, 0.25) is 0 Å². The van der Waals surface area contributed by atoms with Gasteiger partial charge in [0.15, 0.2) is 0 Å². The molecule has 2 rings (SSSR count). The van der Waals surface area contributed by atoms with Gasteiger partial charge in [-0.05, 0) is 50.4 Å². The zero-order valence-electron chi connectivity index (χ0n) is 12.6. The molecule has 1 aromatic rings. The molecule has 0 aromatic heterocycles. The highest BCUT2D eigenvalue weighted by Gasteiger charge is 2.25. The molecule has 1 aliphatic rings. The van der Waals surface area contributed by atoms with Crippen molar-refractivity contribution in [3.8, 4) is 5.75 Å². The summed E-state index contributed by atoms with van der Waals surface area (Å²) in [5.41, 5.74) is 7.46. The number of nitrogens with zero attached hydrogens (tertiary/aromatic N) is 1. The van der Waals surface area contributed by atoms with Crippen molar-refractivity contribution in [1.29, 1.82) is 5.41 Å². The smallest absolute Gasteiger partial charge is 0.123 e. The van der Waals surface area contributed by atoms with Crippen molar-refractivity contribution in [2.24, 2.45) is 11.7 Å². The van der Waals surface area contributed by atoms with E-state index < -0.39 is 0 Å². The van der Waals surface area contributed by atoms with Gasteiger partial charge in [-0.1, -0.05) is 6.92 Å². The van der Waals surface area contributed by atoms with E-state index in [2.05, 4.69) is 18.7 Å². The first-order chi connectivity index (χ1) is 9.52. The Labute approximate surface area is 121 Å². The highest BCUT2D eigenvalue weighted by molar-refractivity contribution is 5.95. The van der Waals surface area contributed by atoms with Crippen LogP contribution in [0.1, 0.15) is 37.8 Å². The van der Waals surface area contributed by atoms with Gasteiger partial charge in [-0.25, -0.2) is 0 Å². The number of nitrogen functional groups attached to an aromatic ring is 1. The molecule has 2 unspecified atom stereocenters. The highest BCUT2D eigenvalue weighted by Crippen LogP contribution is 2.28. The van der Waals surface area contributed by atoms with Gasteiger partial charge in [-0.3, -0.25) is 10.3 Å². The summed E-state index contributed by atoms with van der Waals surface area (Å²) in [5.74, 6) is 1.71. The molecule has 0 saturated carbocycles.